The first-order valence-corrected chi connectivity index (χ1v) is 9.02. The molecule has 0 amide bonds. The summed E-state index contributed by atoms with van der Waals surface area (Å²) in [5.41, 5.74) is 0.805. The number of rotatable bonds is 8. The topological polar surface area (TPSA) is 68.3 Å². The number of nitrogens with one attached hydrogen (secondary N) is 2. The van der Waals surface area contributed by atoms with E-state index in [1.807, 2.05) is 24.3 Å². The number of methoxy groups -OCH3 is 1. The molecule has 1 fully saturated rings. The van der Waals surface area contributed by atoms with Gasteiger partial charge in [-0.25, -0.2) is 9.37 Å². The summed E-state index contributed by atoms with van der Waals surface area (Å²) in [5, 5.41) is 6.31. The lowest BCUT2D eigenvalue weighted by Gasteiger charge is -2.23. The van der Waals surface area contributed by atoms with Crippen LogP contribution in [0.5, 0.6) is 5.75 Å². The molecule has 1 saturated carbocycles. The van der Waals surface area contributed by atoms with Gasteiger partial charge in [-0.05, 0) is 37.1 Å². The summed E-state index contributed by atoms with van der Waals surface area (Å²) in [5.74, 6) is 0.946. The Balaban J connectivity index is 1.61. The molecule has 2 aromatic rings. The molecule has 3 rings (SSSR count). The number of anilines is 3. The highest BCUT2D eigenvalue weighted by molar-refractivity contribution is 5.56. The zero-order chi connectivity index (χ0) is 18.2. The van der Waals surface area contributed by atoms with E-state index < -0.39 is 5.82 Å². The molecule has 1 aromatic heterocycles. The molecular formula is C19H25FN4O2. The van der Waals surface area contributed by atoms with Crippen molar-refractivity contribution in [2.75, 3.05) is 31.0 Å². The summed E-state index contributed by atoms with van der Waals surface area (Å²) in [6, 6.07) is 7.71. The van der Waals surface area contributed by atoms with Crippen molar-refractivity contribution in [3.05, 3.63) is 36.3 Å². The highest BCUT2D eigenvalue weighted by Crippen LogP contribution is 2.23. The maximum atomic E-state index is 14.0. The second-order valence-electron chi connectivity index (χ2n) is 6.36. The maximum Gasteiger partial charge on any atom is 0.229 e. The molecule has 1 aromatic carbocycles. The fourth-order valence-electron chi connectivity index (χ4n) is 2.98. The van der Waals surface area contributed by atoms with E-state index in [0.717, 1.165) is 24.3 Å². The van der Waals surface area contributed by atoms with Gasteiger partial charge in [0, 0.05) is 18.8 Å². The molecule has 0 atom stereocenters. The predicted molar refractivity (Wildman–Crippen MR) is 99.6 cm³/mol. The molecule has 0 aliphatic heterocycles. The Kier molecular flexibility index (Phi) is 6.60. The summed E-state index contributed by atoms with van der Waals surface area (Å²) in [7, 11) is 1.64. The summed E-state index contributed by atoms with van der Waals surface area (Å²) < 4.78 is 24.5. The van der Waals surface area contributed by atoms with Gasteiger partial charge in [0.15, 0.2) is 11.6 Å². The van der Waals surface area contributed by atoms with Crippen molar-refractivity contribution in [1.82, 2.24) is 9.97 Å². The molecule has 26 heavy (non-hydrogen) atoms. The molecule has 2 N–H and O–H groups in total. The second-order valence-corrected chi connectivity index (χ2v) is 6.36. The number of halogens is 1. The van der Waals surface area contributed by atoms with E-state index in [1.54, 1.807) is 7.11 Å². The molecule has 7 heteroatoms. The van der Waals surface area contributed by atoms with Crippen molar-refractivity contribution >= 4 is 17.5 Å². The Morgan fingerprint density at radius 3 is 2.62 bits per heavy atom. The Morgan fingerprint density at radius 2 is 1.88 bits per heavy atom. The van der Waals surface area contributed by atoms with Gasteiger partial charge in [0.2, 0.25) is 5.95 Å². The van der Waals surface area contributed by atoms with Gasteiger partial charge in [0.25, 0.3) is 0 Å². The van der Waals surface area contributed by atoms with Gasteiger partial charge in [-0.1, -0.05) is 19.3 Å². The summed E-state index contributed by atoms with van der Waals surface area (Å²) in [4.78, 5) is 8.31. The Labute approximate surface area is 153 Å². The first-order valence-electron chi connectivity index (χ1n) is 9.02. The fourth-order valence-corrected chi connectivity index (χ4v) is 2.98. The molecular weight excluding hydrogens is 335 g/mol. The van der Waals surface area contributed by atoms with Crippen LogP contribution in [-0.2, 0) is 4.74 Å². The van der Waals surface area contributed by atoms with Crippen LogP contribution in [0.25, 0.3) is 0 Å². The molecule has 0 radical (unpaired) electrons. The first kappa shape index (κ1) is 18.4. The molecule has 1 heterocycles. The third-order valence-corrected chi connectivity index (χ3v) is 4.36. The number of ether oxygens (including phenoxy) is 2. The van der Waals surface area contributed by atoms with E-state index in [2.05, 4.69) is 20.6 Å². The second kappa shape index (κ2) is 9.33. The van der Waals surface area contributed by atoms with Gasteiger partial charge >= 0.3 is 0 Å². The van der Waals surface area contributed by atoms with Crippen molar-refractivity contribution in [1.29, 1.82) is 0 Å². The molecule has 0 spiro atoms. The van der Waals surface area contributed by atoms with Crippen molar-refractivity contribution in [2.24, 2.45) is 0 Å². The molecule has 6 nitrogen and oxygen atoms in total. The minimum absolute atomic E-state index is 0.258. The first-order chi connectivity index (χ1) is 12.7. The predicted octanol–water partition coefficient (Wildman–Crippen LogP) is 4.13. The van der Waals surface area contributed by atoms with Crippen molar-refractivity contribution < 1.29 is 13.9 Å². The van der Waals surface area contributed by atoms with Gasteiger partial charge in [-0.3, -0.25) is 0 Å². The van der Waals surface area contributed by atoms with E-state index in [4.69, 9.17) is 9.47 Å². The van der Waals surface area contributed by atoms with Crippen LogP contribution in [0.2, 0.25) is 0 Å². The molecule has 0 bridgehead atoms. The van der Waals surface area contributed by atoms with Gasteiger partial charge in [0.05, 0.1) is 12.8 Å². The summed E-state index contributed by atoms with van der Waals surface area (Å²) in [6.07, 6.45) is 6.90. The highest BCUT2D eigenvalue weighted by Gasteiger charge is 2.16. The van der Waals surface area contributed by atoms with E-state index in [9.17, 15) is 4.39 Å². The zero-order valence-electron chi connectivity index (χ0n) is 15.0. The SMILES string of the molecule is COCCOc1ccc(Nc2ncc(F)c(NC3CCCCC3)n2)cc1. The van der Waals surface area contributed by atoms with E-state index in [1.165, 1.54) is 25.5 Å². The van der Waals surface area contributed by atoms with Crippen LogP contribution in [0.3, 0.4) is 0 Å². The number of hydrogen-bond acceptors (Lipinski definition) is 6. The number of benzene rings is 1. The van der Waals surface area contributed by atoms with Crippen LogP contribution in [0.15, 0.2) is 30.5 Å². The number of hydrogen-bond donors (Lipinski definition) is 2. The average molecular weight is 360 g/mol. The Bertz CT molecular complexity index is 690. The van der Waals surface area contributed by atoms with Crippen LogP contribution in [0.1, 0.15) is 32.1 Å². The lowest BCUT2D eigenvalue weighted by molar-refractivity contribution is 0.146. The maximum absolute atomic E-state index is 14.0. The minimum atomic E-state index is -0.428. The normalized spacial score (nSPS) is 14.8. The van der Waals surface area contributed by atoms with Gasteiger partial charge in [-0.15, -0.1) is 0 Å². The summed E-state index contributed by atoms with van der Waals surface area (Å²) in [6.45, 7) is 1.04. The Morgan fingerprint density at radius 1 is 1.12 bits per heavy atom. The van der Waals surface area contributed by atoms with Crippen LogP contribution in [0, 0.1) is 5.82 Å². The van der Waals surface area contributed by atoms with Gasteiger partial charge in [0.1, 0.15) is 12.4 Å². The smallest absolute Gasteiger partial charge is 0.229 e. The zero-order valence-corrected chi connectivity index (χ0v) is 15.0. The lowest BCUT2D eigenvalue weighted by Crippen LogP contribution is -2.23. The largest absolute Gasteiger partial charge is 0.491 e. The van der Waals surface area contributed by atoms with Gasteiger partial charge in [-0.2, -0.15) is 4.98 Å². The quantitative estimate of drug-likeness (QED) is 0.690. The van der Waals surface area contributed by atoms with Crippen LogP contribution >= 0.6 is 0 Å². The standard InChI is InChI=1S/C19H25FN4O2/c1-25-11-12-26-16-9-7-15(8-10-16)23-19-21-13-17(20)18(24-19)22-14-5-3-2-4-6-14/h7-10,13-14H,2-6,11-12H2,1H3,(H2,21,22,23,24). The third-order valence-electron chi connectivity index (χ3n) is 4.36. The van der Waals surface area contributed by atoms with Crippen LogP contribution in [0.4, 0.5) is 21.8 Å². The number of aromatic nitrogens is 2. The number of nitrogens with zero attached hydrogens (tertiary/aromatic N) is 2. The molecule has 1 aliphatic rings. The van der Waals surface area contributed by atoms with E-state index in [-0.39, 0.29) is 11.9 Å². The molecule has 1 aliphatic carbocycles. The van der Waals surface area contributed by atoms with Crippen LogP contribution in [-0.4, -0.2) is 36.3 Å². The molecule has 140 valence electrons. The van der Waals surface area contributed by atoms with Gasteiger partial charge < -0.3 is 20.1 Å². The molecule has 0 unspecified atom stereocenters. The fraction of sp³-hybridized carbons (Fsp3) is 0.474. The Hall–Kier alpha value is -2.41. The summed E-state index contributed by atoms with van der Waals surface area (Å²) >= 11 is 0. The van der Waals surface area contributed by atoms with Crippen molar-refractivity contribution in [3.8, 4) is 5.75 Å². The average Bonchev–Trinajstić information content (AvgIpc) is 2.67. The van der Waals surface area contributed by atoms with E-state index in [0.29, 0.717) is 19.2 Å². The third kappa shape index (κ3) is 5.29. The lowest BCUT2D eigenvalue weighted by atomic mass is 9.95. The van der Waals surface area contributed by atoms with Crippen molar-refractivity contribution in [2.45, 2.75) is 38.1 Å². The van der Waals surface area contributed by atoms with Crippen LogP contribution < -0.4 is 15.4 Å². The minimum Gasteiger partial charge on any atom is -0.491 e. The monoisotopic (exact) mass is 360 g/mol. The molecule has 0 saturated heterocycles. The van der Waals surface area contributed by atoms with E-state index >= 15 is 0 Å². The highest BCUT2D eigenvalue weighted by atomic mass is 19.1. The van der Waals surface area contributed by atoms with Crippen molar-refractivity contribution in [3.63, 3.8) is 0 Å².